The van der Waals surface area contributed by atoms with Gasteiger partial charge in [-0.2, -0.15) is 11.3 Å². The Morgan fingerprint density at radius 2 is 2.09 bits per heavy atom. The third-order valence-electron chi connectivity index (χ3n) is 4.36. The van der Waals surface area contributed by atoms with Gasteiger partial charge in [-0.15, -0.1) is 12.4 Å². The molecule has 1 aliphatic rings. The van der Waals surface area contributed by atoms with Crippen molar-refractivity contribution in [2.75, 3.05) is 32.7 Å². The van der Waals surface area contributed by atoms with E-state index in [4.69, 9.17) is 0 Å². The van der Waals surface area contributed by atoms with Crippen LogP contribution in [0, 0.1) is 5.92 Å². The number of nitrogens with zero attached hydrogens (tertiary/aromatic N) is 1. The van der Waals surface area contributed by atoms with Crippen LogP contribution in [0.25, 0.3) is 0 Å². The summed E-state index contributed by atoms with van der Waals surface area (Å²) in [4.78, 5) is 14.7. The Labute approximate surface area is 144 Å². The van der Waals surface area contributed by atoms with Crippen LogP contribution in [0.5, 0.6) is 0 Å². The molecule has 0 radical (unpaired) electrons. The maximum atomic E-state index is 12.3. The topological polar surface area (TPSA) is 44.4 Å². The fourth-order valence-corrected chi connectivity index (χ4v) is 3.72. The first-order valence-electron chi connectivity index (χ1n) is 8.00. The minimum absolute atomic E-state index is 0. The Morgan fingerprint density at radius 1 is 1.41 bits per heavy atom. The van der Waals surface area contributed by atoms with Gasteiger partial charge in [-0.25, -0.2) is 0 Å². The summed E-state index contributed by atoms with van der Waals surface area (Å²) in [6, 6.07) is 2.46. The largest absolute Gasteiger partial charge is 0.354 e. The number of carbonyl (C=O) groups excluding carboxylic acids is 1. The molecule has 1 aromatic rings. The second kappa shape index (κ2) is 10.2. The molecule has 0 aromatic carbocycles. The number of nitrogens with one attached hydrogen (secondary N) is 2. The van der Waals surface area contributed by atoms with Crippen molar-refractivity contribution >= 4 is 29.7 Å². The molecule has 2 N–H and O–H groups in total. The molecule has 22 heavy (non-hydrogen) atoms. The highest BCUT2D eigenvalue weighted by atomic mass is 35.5. The van der Waals surface area contributed by atoms with Gasteiger partial charge in [-0.05, 0) is 61.4 Å². The van der Waals surface area contributed by atoms with Crippen LogP contribution in [0.4, 0.5) is 0 Å². The molecular formula is C16H28ClN3OS. The van der Waals surface area contributed by atoms with E-state index in [0.717, 1.165) is 39.0 Å². The average Bonchev–Trinajstić information content (AvgIpc) is 3.06. The molecule has 1 amide bonds. The number of halogens is 1. The molecule has 0 aliphatic carbocycles. The molecule has 1 fully saturated rings. The van der Waals surface area contributed by atoms with E-state index in [9.17, 15) is 4.79 Å². The molecule has 126 valence electrons. The first-order valence-corrected chi connectivity index (χ1v) is 8.95. The van der Waals surface area contributed by atoms with Crippen molar-refractivity contribution in [3.8, 4) is 0 Å². The SMILES string of the molecule is CCN(CC)C(CNC(=O)C1CCNCC1)c1ccsc1.Cl. The molecule has 2 heterocycles. The molecular weight excluding hydrogens is 318 g/mol. The Hall–Kier alpha value is -0.620. The number of carbonyl (C=O) groups is 1. The molecule has 1 aromatic heterocycles. The number of piperidine rings is 1. The minimum Gasteiger partial charge on any atom is -0.354 e. The number of hydrogen-bond donors (Lipinski definition) is 2. The zero-order chi connectivity index (χ0) is 15.1. The monoisotopic (exact) mass is 345 g/mol. The third kappa shape index (κ3) is 5.23. The second-order valence-electron chi connectivity index (χ2n) is 5.56. The van der Waals surface area contributed by atoms with Gasteiger partial charge in [0.15, 0.2) is 0 Å². The normalized spacial score (nSPS) is 17.0. The quantitative estimate of drug-likeness (QED) is 0.798. The number of likely N-dealkylation sites (N-methyl/N-ethyl adjacent to an activating group) is 1. The minimum atomic E-state index is 0. The Kier molecular flexibility index (Phi) is 9.02. The summed E-state index contributed by atoms with van der Waals surface area (Å²) in [7, 11) is 0. The number of amides is 1. The van der Waals surface area contributed by atoms with Crippen LogP contribution in [-0.2, 0) is 4.79 Å². The summed E-state index contributed by atoms with van der Waals surface area (Å²) in [6.07, 6.45) is 1.92. The first-order chi connectivity index (χ1) is 10.3. The van der Waals surface area contributed by atoms with Crippen LogP contribution in [0.1, 0.15) is 38.3 Å². The molecule has 0 saturated carbocycles. The Bertz CT molecular complexity index is 417. The average molecular weight is 346 g/mol. The van der Waals surface area contributed by atoms with E-state index in [1.165, 1.54) is 5.56 Å². The van der Waals surface area contributed by atoms with Crippen LogP contribution < -0.4 is 10.6 Å². The third-order valence-corrected chi connectivity index (χ3v) is 5.06. The predicted octanol–water partition coefficient (Wildman–Crippen LogP) is 2.67. The summed E-state index contributed by atoms with van der Waals surface area (Å²) in [6.45, 7) is 8.99. The van der Waals surface area contributed by atoms with Crippen molar-refractivity contribution in [2.24, 2.45) is 5.92 Å². The zero-order valence-electron chi connectivity index (χ0n) is 13.5. The smallest absolute Gasteiger partial charge is 0.223 e. The summed E-state index contributed by atoms with van der Waals surface area (Å²) in [5.41, 5.74) is 1.31. The Morgan fingerprint density at radius 3 is 2.64 bits per heavy atom. The molecule has 1 saturated heterocycles. The summed E-state index contributed by atoms with van der Waals surface area (Å²) < 4.78 is 0. The zero-order valence-corrected chi connectivity index (χ0v) is 15.1. The van der Waals surface area contributed by atoms with Crippen molar-refractivity contribution in [2.45, 2.75) is 32.7 Å². The van der Waals surface area contributed by atoms with Gasteiger partial charge in [0.1, 0.15) is 0 Å². The van der Waals surface area contributed by atoms with E-state index in [-0.39, 0.29) is 30.3 Å². The van der Waals surface area contributed by atoms with E-state index in [1.807, 2.05) is 0 Å². The van der Waals surface area contributed by atoms with Gasteiger partial charge in [0.2, 0.25) is 5.91 Å². The standard InChI is InChI=1S/C16H27N3OS.ClH/c1-3-19(4-2)15(14-7-10-21-12-14)11-18-16(20)13-5-8-17-9-6-13;/h7,10,12-13,15,17H,3-6,8-9,11H2,1-2H3,(H,18,20);1H. The highest BCUT2D eigenvalue weighted by Crippen LogP contribution is 2.22. The summed E-state index contributed by atoms with van der Waals surface area (Å²) in [5, 5.41) is 10.8. The van der Waals surface area contributed by atoms with E-state index in [1.54, 1.807) is 11.3 Å². The van der Waals surface area contributed by atoms with E-state index in [2.05, 4.69) is 46.2 Å². The summed E-state index contributed by atoms with van der Waals surface area (Å²) in [5.74, 6) is 0.412. The van der Waals surface area contributed by atoms with Crippen molar-refractivity contribution in [1.29, 1.82) is 0 Å². The molecule has 1 atom stereocenters. The summed E-state index contributed by atoms with van der Waals surface area (Å²) >= 11 is 1.72. The van der Waals surface area contributed by atoms with E-state index >= 15 is 0 Å². The molecule has 6 heteroatoms. The van der Waals surface area contributed by atoms with Crippen molar-refractivity contribution < 1.29 is 4.79 Å². The Balaban J connectivity index is 0.00000242. The van der Waals surface area contributed by atoms with Crippen LogP contribution in [0.15, 0.2) is 16.8 Å². The van der Waals surface area contributed by atoms with E-state index in [0.29, 0.717) is 6.54 Å². The lowest BCUT2D eigenvalue weighted by Gasteiger charge is -2.30. The van der Waals surface area contributed by atoms with Gasteiger partial charge in [-0.1, -0.05) is 13.8 Å². The lowest BCUT2D eigenvalue weighted by molar-refractivity contribution is -0.126. The molecule has 1 unspecified atom stereocenters. The molecule has 0 bridgehead atoms. The van der Waals surface area contributed by atoms with Gasteiger partial charge < -0.3 is 10.6 Å². The molecule has 0 spiro atoms. The maximum absolute atomic E-state index is 12.3. The predicted molar refractivity (Wildman–Crippen MR) is 95.8 cm³/mol. The molecule has 4 nitrogen and oxygen atoms in total. The number of rotatable bonds is 7. The van der Waals surface area contributed by atoms with Crippen LogP contribution in [0.3, 0.4) is 0 Å². The second-order valence-corrected chi connectivity index (χ2v) is 6.34. The van der Waals surface area contributed by atoms with Gasteiger partial charge in [-0.3, -0.25) is 9.69 Å². The van der Waals surface area contributed by atoms with E-state index < -0.39 is 0 Å². The molecule has 1 aliphatic heterocycles. The highest BCUT2D eigenvalue weighted by molar-refractivity contribution is 7.07. The fourth-order valence-electron chi connectivity index (χ4n) is 3.01. The fraction of sp³-hybridized carbons (Fsp3) is 0.688. The van der Waals surface area contributed by atoms with Gasteiger partial charge in [0.25, 0.3) is 0 Å². The molecule has 2 rings (SSSR count). The van der Waals surface area contributed by atoms with Gasteiger partial charge >= 0.3 is 0 Å². The van der Waals surface area contributed by atoms with Crippen LogP contribution in [0.2, 0.25) is 0 Å². The van der Waals surface area contributed by atoms with Crippen LogP contribution >= 0.6 is 23.7 Å². The lowest BCUT2D eigenvalue weighted by Crippen LogP contribution is -2.42. The maximum Gasteiger partial charge on any atom is 0.223 e. The lowest BCUT2D eigenvalue weighted by atomic mass is 9.97. The van der Waals surface area contributed by atoms with Crippen molar-refractivity contribution in [1.82, 2.24) is 15.5 Å². The number of hydrogen-bond acceptors (Lipinski definition) is 4. The van der Waals surface area contributed by atoms with Crippen molar-refractivity contribution in [3.05, 3.63) is 22.4 Å². The number of thiophene rings is 1. The van der Waals surface area contributed by atoms with Gasteiger partial charge in [0.05, 0.1) is 6.04 Å². The van der Waals surface area contributed by atoms with Gasteiger partial charge in [0, 0.05) is 12.5 Å². The van der Waals surface area contributed by atoms with Crippen LogP contribution in [-0.4, -0.2) is 43.5 Å². The highest BCUT2D eigenvalue weighted by Gasteiger charge is 2.23. The van der Waals surface area contributed by atoms with Crippen molar-refractivity contribution in [3.63, 3.8) is 0 Å². The first kappa shape index (κ1) is 19.4.